The molecule has 0 aliphatic carbocycles. The third kappa shape index (κ3) is 2.62. The Hall–Kier alpha value is -1.04. The summed E-state index contributed by atoms with van der Waals surface area (Å²) in [5.74, 6) is 0. The molecule has 0 unspecified atom stereocenters. The molecule has 2 fully saturated rings. The Labute approximate surface area is 102 Å². The Kier molecular flexibility index (Phi) is 3.31. The van der Waals surface area contributed by atoms with Gasteiger partial charge in [-0.3, -0.25) is 19.8 Å². The number of piperazine rings is 1. The normalized spacial score (nSPS) is 23.5. The van der Waals surface area contributed by atoms with E-state index in [-0.39, 0.29) is 0 Å². The average Bonchev–Trinajstić information content (AvgIpc) is 2.36. The van der Waals surface area contributed by atoms with Crippen molar-refractivity contribution in [3.05, 3.63) is 24.3 Å². The van der Waals surface area contributed by atoms with Crippen LogP contribution in [-0.4, -0.2) is 65.1 Å². The molecule has 5 nitrogen and oxygen atoms in total. The lowest BCUT2D eigenvalue weighted by atomic mass is 10.1. The lowest BCUT2D eigenvalue weighted by molar-refractivity contribution is 0.0215. The molecule has 92 valence electrons. The van der Waals surface area contributed by atoms with E-state index < -0.39 is 0 Å². The summed E-state index contributed by atoms with van der Waals surface area (Å²) in [6.45, 7) is 7.97. The summed E-state index contributed by atoms with van der Waals surface area (Å²) < 4.78 is 0. The van der Waals surface area contributed by atoms with E-state index in [1.54, 1.807) is 12.4 Å². The van der Waals surface area contributed by atoms with E-state index in [0.29, 0.717) is 0 Å². The molecule has 0 bridgehead atoms. The van der Waals surface area contributed by atoms with Gasteiger partial charge in [-0.1, -0.05) is 0 Å². The van der Waals surface area contributed by atoms with Gasteiger partial charge in [0.15, 0.2) is 0 Å². The van der Waals surface area contributed by atoms with Crippen LogP contribution in [0.15, 0.2) is 18.6 Å². The standard InChI is InChI=1S/C12H19N5/c1-2-15-11(7-14-1)8-16-9-12(10-16)17-5-3-13-4-6-17/h1-2,7,12-13H,3-6,8-10H2. The number of nitrogens with one attached hydrogen (secondary N) is 1. The van der Waals surface area contributed by atoms with Crippen LogP contribution in [0, 0.1) is 0 Å². The topological polar surface area (TPSA) is 44.3 Å². The fraction of sp³-hybridized carbons (Fsp3) is 0.667. The van der Waals surface area contributed by atoms with Crippen LogP contribution in [0.3, 0.4) is 0 Å². The molecule has 1 aromatic heterocycles. The third-order valence-electron chi connectivity index (χ3n) is 3.61. The summed E-state index contributed by atoms with van der Waals surface area (Å²) in [7, 11) is 0. The Morgan fingerprint density at radius 3 is 2.76 bits per heavy atom. The first-order chi connectivity index (χ1) is 8.42. The Morgan fingerprint density at radius 1 is 1.24 bits per heavy atom. The molecule has 1 N–H and O–H groups in total. The van der Waals surface area contributed by atoms with Gasteiger partial charge in [0.2, 0.25) is 0 Å². The summed E-state index contributed by atoms with van der Waals surface area (Å²) in [6.07, 6.45) is 5.35. The second-order valence-corrected chi connectivity index (χ2v) is 4.83. The van der Waals surface area contributed by atoms with Crippen molar-refractivity contribution >= 4 is 0 Å². The maximum atomic E-state index is 4.31. The highest BCUT2D eigenvalue weighted by Crippen LogP contribution is 2.17. The van der Waals surface area contributed by atoms with Crippen LogP contribution in [0.2, 0.25) is 0 Å². The average molecular weight is 233 g/mol. The third-order valence-corrected chi connectivity index (χ3v) is 3.61. The van der Waals surface area contributed by atoms with Crippen molar-refractivity contribution in [1.82, 2.24) is 25.1 Å². The van der Waals surface area contributed by atoms with Crippen LogP contribution in [0.5, 0.6) is 0 Å². The molecule has 3 rings (SSSR count). The first-order valence-corrected chi connectivity index (χ1v) is 6.34. The van der Waals surface area contributed by atoms with Crippen molar-refractivity contribution in [2.75, 3.05) is 39.3 Å². The molecule has 2 aliphatic rings. The highest BCUT2D eigenvalue weighted by atomic mass is 15.3. The lowest BCUT2D eigenvalue weighted by Gasteiger charge is -2.46. The number of nitrogens with zero attached hydrogens (tertiary/aromatic N) is 4. The number of likely N-dealkylation sites (tertiary alicyclic amines) is 1. The number of hydrogen-bond acceptors (Lipinski definition) is 5. The van der Waals surface area contributed by atoms with E-state index in [1.807, 2.05) is 6.20 Å². The van der Waals surface area contributed by atoms with Gasteiger partial charge in [0.25, 0.3) is 0 Å². The van der Waals surface area contributed by atoms with Gasteiger partial charge in [-0.2, -0.15) is 0 Å². The molecule has 0 aromatic carbocycles. The maximum absolute atomic E-state index is 4.31. The van der Waals surface area contributed by atoms with Crippen molar-refractivity contribution in [3.63, 3.8) is 0 Å². The largest absolute Gasteiger partial charge is 0.314 e. The SMILES string of the molecule is c1cnc(CN2CC(N3CCNCC3)C2)cn1. The summed E-state index contributed by atoms with van der Waals surface area (Å²) in [6, 6.07) is 0.758. The fourth-order valence-corrected chi connectivity index (χ4v) is 2.59. The van der Waals surface area contributed by atoms with Crippen molar-refractivity contribution in [3.8, 4) is 0 Å². The van der Waals surface area contributed by atoms with E-state index in [1.165, 1.54) is 26.2 Å². The highest BCUT2D eigenvalue weighted by Gasteiger charge is 2.32. The summed E-state index contributed by atoms with van der Waals surface area (Å²) >= 11 is 0. The van der Waals surface area contributed by atoms with Gasteiger partial charge in [0, 0.05) is 70.4 Å². The highest BCUT2D eigenvalue weighted by molar-refractivity contribution is 4.98. The molecule has 0 atom stereocenters. The van der Waals surface area contributed by atoms with E-state index in [0.717, 1.165) is 31.4 Å². The first kappa shape index (κ1) is 11.1. The molecule has 3 heterocycles. The van der Waals surface area contributed by atoms with E-state index in [4.69, 9.17) is 0 Å². The smallest absolute Gasteiger partial charge is 0.0726 e. The molecule has 0 amide bonds. The first-order valence-electron chi connectivity index (χ1n) is 6.34. The van der Waals surface area contributed by atoms with E-state index in [2.05, 4.69) is 25.1 Å². The minimum atomic E-state index is 0.758. The molecule has 0 spiro atoms. The Bertz CT molecular complexity index is 343. The van der Waals surface area contributed by atoms with Gasteiger partial charge in [0.05, 0.1) is 5.69 Å². The van der Waals surface area contributed by atoms with Gasteiger partial charge in [0.1, 0.15) is 0 Å². The van der Waals surface area contributed by atoms with Gasteiger partial charge in [-0.05, 0) is 0 Å². The molecular formula is C12H19N5. The monoisotopic (exact) mass is 233 g/mol. The van der Waals surface area contributed by atoms with Crippen LogP contribution in [0.4, 0.5) is 0 Å². The van der Waals surface area contributed by atoms with Crippen molar-refractivity contribution in [1.29, 1.82) is 0 Å². The van der Waals surface area contributed by atoms with Crippen LogP contribution in [0.25, 0.3) is 0 Å². The molecule has 0 radical (unpaired) electrons. The molecular weight excluding hydrogens is 214 g/mol. The van der Waals surface area contributed by atoms with Crippen molar-refractivity contribution in [2.45, 2.75) is 12.6 Å². The molecule has 5 heteroatoms. The Balaban J connectivity index is 1.45. The van der Waals surface area contributed by atoms with E-state index >= 15 is 0 Å². The molecule has 2 aliphatic heterocycles. The van der Waals surface area contributed by atoms with Crippen molar-refractivity contribution in [2.24, 2.45) is 0 Å². The van der Waals surface area contributed by atoms with Crippen LogP contribution < -0.4 is 5.32 Å². The number of rotatable bonds is 3. The zero-order chi connectivity index (χ0) is 11.5. The predicted molar refractivity (Wildman–Crippen MR) is 65.5 cm³/mol. The molecule has 1 aromatic rings. The maximum Gasteiger partial charge on any atom is 0.0726 e. The van der Waals surface area contributed by atoms with Gasteiger partial charge in [-0.15, -0.1) is 0 Å². The minimum Gasteiger partial charge on any atom is -0.314 e. The van der Waals surface area contributed by atoms with E-state index in [9.17, 15) is 0 Å². The Morgan fingerprint density at radius 2 is 2.06 bits per heavy atom. The predicted octanol–water partition coefficient (Wildman–Crippen LogP) is -0.434. The second-order valence-electron chi connectivity index (χ2n) is 4.83. The number of aromatic nitrogens is 2. The summed E-state index contributed by atoms with van der Waals surface area (Å²) in [5, 5.41) is 3.40. The second kappa shape index (κ2) is 5.08. The van der Waals surface area contributed by atoms with Gasteiger partial charge in [-0.25, -0.2) is 0 Å². The minimum absolute atomic E-state index is 0.758. The molecule has 0 saturated carbocycles. The number of hydrogen-bond donors (Lipinski definition) is 1. The molecule has 2 saturated heterocycles. The van der Waals surface area contributed by atoms with Crippen LogP contribution in [0.1, 0.15) is 5.69 Å². The fourth-order valence-electron chi connectivity index (χ4n) is 2.59. The lowest BCUT2D eigenvalue weighted by Crippen LogP contribution is -2.62. The van der Waals surface area contributed by atoms with Gasteiger partial charge >= 0.3 is 0 Å². The zero-order valence-electron chi connectivity index (χ0n) is 10.0. The van der Waals surface area contributed by atoms with Crippen molar-refractivity contribution < 1.29 is 0 Å². The zero-order valence-corrected chi connectivity index (χ0v) is 10.0. The van der Waals surface area contributed by atoms with Crippen LogP contribution in [-0.2, 0) is 6.54 Å². The van der Waals surface area contributed by atoms with Gasteiger partial charge < -0.3 is 5.32 Å². The molecule has 17 heavy (non-hydrogen) atoms. The summed E-state index contributed by atoms with van der Waals surface area (Å²) in [4.78, 5) is 13.4. The summed E-state index contributed by atoms with van der Waals surface area (Å²) in [5.41, 5.74) is 1.08. The quantitative estimate of drug-likeness (QED) is 0.767. The van der Waals surface area contributed by atoms with Crippen LogP contribution >= 0.6 is 0 Å².